The van der Waals surface area contributed by atoms with Crippen LogP contribution in [0.4, 0.5) is 11.6 Å². The summed E-state index contributed by atoms with van der Waals surface area (Å²) in [5.74, 6) is 2.42. The molecule has 0 amide bonds. The number of benzene rings is 4. The zero-order chi connectivity index (χ0) is 29.4. The van der Waals surface area contributed by atoms with Gasteiger partial charge in [-0.2, -0.15) is 0 Å². The summed E-state index contributed by atoms with van der Waals surface area (Å²) < 4.78 is 10.6. The van der Waals surface area contributed by atoms with Crippen LogP contribution < -0.4 is 10.6 Å². The minimum atomic E-state index is -0.548. The highest BCUT2D eigenvalue weighted by Gasteiger charge is 2.27. The summed E-state index contributed by atoms with van der Waals surface area (Å²) in [4.78, 5) is 0. The van der Waals surface area contributed by atoms with Gasteiger partial charge in [-0.1, -0.05) is 69.9 Å². The summed E-state index contributed by atoms with van der Waals surface area (Å²) >= 11 is 12.4. The van der Waals surface area contributed by atoms with Crippen molar-refractivity contribution in [1.82, 2.24) is 10.3 Å². The molecule has 2 aromatic heterocycles. The maximum atomic E-state index is 11.3. The topological polar surface area (TPSA) is 117 Å². The van der Waals surface area contributed by atoms with Gasteiger partial charge < -0.3 is 29.9 Å². The molecule has 212 valence electrons. The molecule has 0 aliphatic heterocycles. The smallest absolute Gasteiger partial charge is 0.170 e. The van der Waals surface area contributed by atoms with Gasteiger partial charge in [0.1, 0.15) is 23.0 Å². The molecule has 0 aliphatic rings. The second-order valence-corrected chi connectivity index (χ2v) is 10.9. The van der Waals surface area contributed by atoms with Crippen LogP contribution in [0.25, 0.3) is 10.8 Å². The number of phenols is 2. The van der Waals surface area contributed by atoms with E-state index in [4.69, 9.17) is 32.2 Å². The number of halogens is 2. The number of fused-ring (bicyclic) bond motifs is 1. The molecule has 8 nitrogen and oxygen atoms in total. The number of phenolic OH excluding ortho intramolecular Hbond substituents is 2. The third-order valence-corrected chi connectivity index (χ3v) is 7.57. The molecule has 0 aliphatic carbocycles. The summed E-state index contributed by atoms with van der Waals surface area (Å²) in [5, 5.41) is 40.3. The van der Waals surface area contributed by atoms with E-state index < -0.39 is 12.1 Å². The van der Waals surface area contributed by atoms with E-state index >= 15 is 0 Å². The highest BCUT2D eigenvalue weighted by atomic mass is 35.5. The summed E-state index contributed by atoms with van der Waals surface area (Å²) in [6.45, 7) is 3.61. The van der Waals surface area contributed by atoms with Crippen LogP contribution in [0.15, 0.2) is 94.0 Å². The van der Waals surface area contributed by atoms with Gasteiger partial charge in [0.2, 0.25) is 0 Å². The molecule has 0 saturated carbocycles. The number of aromatic nitrogens is 2. The van der Waals surface area contributed by atoms with Crippen LogP contribution >= 0.6 is 23.2 Å². The molecule has 6 rings (SSSR count). The van der Waals surface area contributed by atoms with E-state index in [1.807, 2.05) is 24.3 Å². The van der Waals surface area contributed by atoms with E-state index in [1.165, 1.54) is 0 Å². The molecule has 0 bridgehead atoms. The van der Waals surface area contributed by atoms with Crippen molar-refractivity contribution in [3.63, 3.8) is 0 Å². The average Bonchev–Trinajstić information content (AvgIpc) is 3.59. The number of rotatable bonds is 8. The predicted octanol–water partition coefficient (Wildman–Crippen LogP) is 8.55. The Kier molecular flexibility index (Phi) is 7.41. The number of hydrogen-bond acceptors (Lipinski definition) is 8. The zero-order valence-corrected chi connectivity index (χ0v) is 24.1. The highest BCUT2D eigenvalue weighted by molar-refractivity contribution is 6.30. The first-order valence-corrected chi connectivity index (χ1v) is 13.9. The fraction of sp³-hybridized carbons (Fsp3) is 0.125. The van der Waals surface area contributed by atoms with E-state index in [-0.39, 0.29) is 11.5 Å². The van der Waals surface area contributed by atoms with E-state index in [0.717, 1.165) is 11.1 Å². The number of aromatic hydroxyl groups is 2. The first-order chi connectivity index (χ1) is 20.3. The largest absolute Gasteiger partial charge is 0.508 e. The molecule has 6 aromatic rings. The average molecular weight is 601 g/mol. The number of aryl methyl sites for hydroxylation is 2. The van der Waals surface area contributed by atoms with E-state index in [9.17, 15) is 10.2 Å². The Morgan fingerprint density at radius 2 is 0.976 bits per heavy atom. The van der Waals surface area contributed by atoms with Crippen LogP contribution in [0.2, 0.25) is 10.0 Å². The quantitative estimate of drug-likeness (QED) is 0.137. The lowest BCUT2D eigenvalue weighted by atomic mass is 9.87. The molecule has 2 heterocycles. The summed E-state index contributed by atoms with van der Waals surface area (Å²) in [5.41, 5.74) is 2.85. The fourth-order valence-electron chi connectivity index (χ4n) is 5.16. The number of hydrogen-bond donors (Lipinski definition) is 4. The molecule has 10 heteroatoms. The Balaban J connectivity index is 1.56. The van der Waals surface area contributed by atoms with Crippen molar-refractivity contribution in [2.75, 3.05) is 10.6 Å². The van der Waals surface area contributed by atoms with Gasteiger partial charge in [0.25, 0.3) is 0 Å². The second kappa shape index (κ2) is 11.3. The van der Waals surface area contributed by atoms with Gasteiger partial charge >= 0.3 is 0 Å². The Morgan fingerprint density at radius 3 is 1.31 bits per heavy atom. The molecule has 4 N–H and O–H groups in total. The molecule has 0 saturated heterocycles. The van der Waals surface area contributed by atoms with Crippen LogP contribution in [0.1, 0.15) is 45.9 Å². The minimum absolute atomic E-state index is 0.0648. The van der Waals surface area contributed by atoms with Crippen molar-refractivity contribution in [1.29, 1.82) is 0 Å². The van der Waals surface area contributed by atoms with Crippen molar-refractivity contribution >= 4 is 45.6 Å². The molecular weight excluding hydrogens is 575 g/mol. The summed E-state index contributed by atoms with van der Waals surface area (Å²) in [7, 11) is 0. The fourth-order valence-corrected chi connectivity index (χ4v) is 5.41. The SMILES string of the molecule is Cc1cc(N[C@H](c2ccc(Cl)cc2)c2c(O)ccc3c([C@H](Nc4cc(C)on4)c4ccc(Cl)cc4)c(O)ccc23)no1. The molecule has 0 spiro atoms. The van der Waals surface area contributed by atoms with Gasteiger partial charge in [0.05, 0.1) is 12.1 Å². The normalized spacial score (nSPS) is 12.8. The zero-order valence-electron chi connectivity index (χ0n) is 22.6. The van der Waals surface area contributed by atoms with Crippen molar-refractivity contribution in [3.8, 4) is 11.5 Å². The van der Waals surface area contributed by atoms with E-state index in [2.05, 4.69) is 20.9 Å². The van der Waals surface area contributed by atoms with E-state index in [1.54, 1.807) is 74.5 Å². The maximum Gasteiger partial charge on any atom is 0.170 e. The molecule has 4 aromatic carbocycles. The van der Waals surface area contributed by atoms with Gasteiger partial charge in [-0.05, 0) is 72.1 Å². The Labute approximate surface area is 251 Å². The van der Waals surface area contributed by atoms with Gasteiger partial charge in [-0.3, -0.25) is 0 Å². The van der Waals surface area contributed by atoms with Crippen molar-refractivity contribution in [3.05, 3.63) is 129 Å². The Morgan fingerprint density at radius 1 is 0.595 bits per heavy atom. The van der Waals surface area contributed by atoms with Crippen LogP contribution in [-0.4, -0.2) is 20.5 Å². The maximum absolute atomic E-state index is 11.3. The lowest BCUT2D eigenvalue weighted by molar-refractivity contribution is 0.399. The standard InChI is InChI=1S/C32H26Cl2N4O4/c1-17-15-27(37-41-17)35-31(19-3-7-21(33)8-4-19)29-23-11-14-26(40)30(24(23)12-13-25(29)39)32(20-5-9-22(34)10-6-20)36-28-16-18(2)42-38-28/h3-16,31-32,39-40H,1-2H3,(H,35,37)(H,36,38)/t31-,32-/m1/s1. The van der Waals surface area contributed by atoms with Gasteiger partial charge in [-0.25, -0.2) is 0 Å². The first-order valence-electron chi connectivity index (χ1n) is 13.1. The Bertz CT molecular complexity index is 1730. The number of nitrogens with one attached hydrogen (secondary N) is 2. The second-order valence-electron chi connectivity index (χ2n) is 10.00. The van der Waals surface area contributed by atoms with Crippen molar-refractivity contribution < 1.29 is 19.3 Å². The van der Waals surface area contributed by atoms with Gasteiger partial charge in [-0.15, -0.1) is 0 Å². The molecule has 0 fully saturated rings. The molecule has 2 atom stereocenters. The van der Waals surface area contributed by atoms with Crippen LogP contribution in [-0.2, 0) is 0 Å². The minimum Gasteiger partial charge on any atom is -0.508 e. The van der Waals surface area contributed by atoms with Crippen molar-refractivity contribution in [2.45, 2.75) is 25.9 Å². The van der Waals surface area contributed by atoms with Gasteiger partial charge in [0.15, 0.2) is 11.6 Å². The predicted molar refractivity (Wildman–Crippen MR) is 164 cm³/mol. The molecular formula is C32H26Cl2N4O4. The van der Waals surface area contributed by atoms with Crippen LogP contribution in [0.5, 0.6) is 11.5 Å². The molecule has 0 radical (unpaired) electrons. The number of nitrogens with zero attached hydrogens (tertiary/aromatic N) is 2. The number of anilines is 2. The third-order valence-electron chi connectivity index (χ3n) is 7.06. The lowest BCUT2D eigenvalue weighted by Gasteiger charge is -2.26. The third kappa shape index (κ3) is 5.46. The van der Waals surface area contributed by atoms with E-state index in [0.29, 0.717) is 55.1 Å². The van der Waals surface area contributed by atoms with Crippen LogP contribution in [0.3, 0.4) is 0 Å². The molecule has 0 unspecified atom stereocenters. The molecule has 42 heavy (non-hydrogen) atoms. The van der Waals surface area contributed by atoms with Crippen molar-refractivity contribution in [2.24, 2.45) is 0 Å². The van der Waals surface area contributed by atoms with Gasteiger partial charge in [0, 0.05) is 33.3 Å². The summed E-state index contributed by atoms with van der Waals surface area (Å²) in [6.07, 6.45) is 0. The van der Waals surface area contributed by atoms with Crippen LogP contribution in [0, 0.1) is 13.8 Å². The highest BCUT2D eigenvalue weighted by Crippen LogP contribution is 2.44. The Hall–Kier alpha value is -4.66. The lowest BCUT2D eigenvalue weighted by Crippen LogP contribution is -2.15. The summed E-state index contributed by atoms with van der Waals surface area (Å²) in [6, 6.07) is 24.0. The first kappa shape index (κ1) is 27.5. The monoisotopic (exact) mass is 600 g/mol.